The molecule has 2 N–H and O–H groups in total. The fourth-order valence-corrected chi connectivity index (χ4v) is 2.62. The van der Waals surface area contributed by atoms with Crippen LogP contribution in [0.4, 0.5) is 0 Å². The number of nitrogens with two attached hydrogens (primary N) is 1. The normalized spacial score (nSPS) is 25.1. The zero-order valence-corrected chi connectivity index (χ0v) is 11.7. The molecule has 0 bridgehead atoms. The topological polar surface area (TPSA) is 41.7 Å². The third-order valence-corrected chi connectivity index (χ3v) is 3.67. The summed E-state index contributed by atoms with van der Waals surface area (Å²) in [5.74, 6) is 0. The summed E-state index contributed by atoms with van der Waals surface area (Å²) in [6.07, 6.45) is 2.14. The minimum Gasteiger partial charge on any atom is -0.385 e. The molecular weight excluding hydrogens is 214 g/mol. The first kappa shape index (κ1) is 14.9. The van der Waals surface area contributed by atoms with Crippen molar-refractivity contribution in [2.24, 2.45) is 5.73 Å². The highest BCUT2D eigenvalue weighted by atomic mass is 16.5. The molecule has 0 amide bonds. The second kappa shape index (κ2) is 8.03. The van der Waals surface area contributed by atoms with Crippen molar-refractivity contribution in [1.29, 1.82) is 0 Å². The largest absolute Gasteiger partial charge is 0.385 e. The third-order valence-electron chi connectivity index (χ3n) is 3.67. The number of methoxy groups -OCH3 is 1. The number of hydrogen-bond donors (Lipinski definition) is 1. The summed E-state index contributed by atoms with van der Waals surface area (Å²) in [5, 5.41) is 0. The predicted octanol–water partition coefficient (Wildman–Crippen LogP) is 0.766. The van der Waals surface area contributed by atoms with Crippen LogP contribution >= 0.6 is 0 Å². The average Bonchev–Trinajstić information content (AvgIpc) is 2.29. The van der Waals surface area contributed by atoms with Gasteiger partial charge in [-0.15, -0.1) is 0 Å². The van der Waals surface area contributed by atoms with Gasteiger partial charge >= 0.3 is 0 Å². The van der Waals surface area contributed by atoms with Crippen molar-refractivity contribution in [2.75, 3.05) is 46.4 Å². The third kappa shape index (κ3) is 5.34. The summed E-state index contributed by atoms with van der Waals surface area (Å²) in [4.78, 5) is 5.04. The molecule has 0 spiro atoms. The zero-order valence-electron chi connectivity index (χ0n) is 11.7. The molecule has 0 radical (unpaired) electrons. The zero-order chi connectivity index (χ0) is 12.7. The van der Waals surface area contributed by atoms with Crippen molar-refractivity contribution in [3.05, 3.63) is 0 Å². The summed E-state index contributed by atoms with van der Waals surface area (Å²) in [6.45, 7) is 11.1. The molecule has 2 unspecified atom stereocenters. The Balaban J connectivity index is 2.19. The van der Waals surface area contributed by atoms with Gasteiger partial charge < -0.3 is 10.5 Å². The van der Waals surface area contributed by atoms with Gasteiger partial charge in [0.05, 0.1) is 0 Å². The van der Waals surface area contributed by atoms with E-state index >= 15 is 0 Å². The van der Waals surface area contributed by atoms with Crippen LogP contribution in [0.1, 0.15) is 26.7 Å². The molecular formula is C13H29N3O. The molecule has 0 aromatic carbocycles. The molecule has 2 atom stereocenters. The van der Waals surface area contributed by atoms with Crippen LogP contribution in [-0.4, -0.2) is 68.3 Å². The van der Waals surface area contributed by atoms with Gasteiger partial charge in [-0.3, -0.25) is 9.80 Å². The Morgan fingerprint density at radius 1 is 1.41 bits per heavy atom. The monoisotopic (exact) mass is 243 g/mol. The van der Waals surface area contributed by atoms with Crippen LogP contribution in [0.15, 0.2) is 0 Å². The summed E-state index contributed by atoms with van der Waals surface area (Å²) < 4.78 is 5.05. The molecule has 4 nitrogen and oxygen atoms in total. The molecule has 0 aliphatic carbocycles. The highest BCUT2D eigenvalue weighted by Gasteiger charge is 2.23. The van der Waals surface area contributed by atoms with Crippen molar-refractivity contribution in [2.45, 2.75) is 38.8 Å². The molecule has 1 fully saturated rings. The molecule has 1 rings (SSSR count). The quantitative estimate of drug-likeness (QED) is 0.671. The Bertz CT molecular complexity index is 201. The summed E-state index contributed by atoms with van der Waals surface area (Å²) in [5.41, 5.74) is 6.15. The van der Waals surface area contributed by atoms with Gasteiger partial charge in [-0.1, -0.05) is 6.92 Å². The van der Waals surface area contributed by atoms with Crippen LogP contribution in [0, 0.1) is 0 Å². The van der Waals surface area contributed by atoms with Crippen molar-refractivity contribution < 1.29 is 4.74 Å². The van der Waals surface area contributed by atoms with Crippen LogP contribution < -0.4 is 5.73 Å². The maximum Gasteiger partial charge on any atom is 0.0462 e. The molecule has 1 saturated heterocycles. The van der Waals surface area contributed by atoms with Gasteiger partial charge in [0.1, 0.15) is 0 Å². The van der Waals surface area contributed by atoms with Gasteiger partial charge in [-0.2, -0.15) is 0 Å². The molecule has 0 saturated carbocycles. The standard InChI is InChI=1S/C13H29N3O/c1-4-16-8-7-15(10-12(16)2)11-13(14)6-5-9-17-3/h12-13H,4-11,14H2,1-3H3. The fourth-order valence-electron chi connectivity index (χ4n) is 2.62. The lowest BCUT2D eigenvalue weighted by molar-refractivity contribution is 0.0826. The van der Waals surface area contributed by atoms with Gasteiger partial charge in [0.25, 0.3) is 0 Å². The van der Waals surface area contributed by atoms with E-state index in [1.165, 1.54) is 6.54 Å². The lowest BCUT2D eigenvalue weighted by atomic mass is 10.1. The summed E-state index contributed by atoms with van der Waals surface area (Å²) in [6, 6.07) is 0.963. The van der Waals surface area contributed by atoms with Crippen molar-refractivity contribution >= 4 is 0 Å². The SMILES string of the molecule is CCN1CCN(CC(N)CCCOC)CC1C. The minimum absolute atomic E-state index is 0.297. The maximum atomic E-state index is 6.15. The van der Waals surface area contributed by atoms with E-state index < -0.39 is 0 Å². The van der Waals surface area contributed by atoms with E-state index in [0.29, 0.717) is 12.1 Å². The second-order valence-electron chi connectivity index (χ2n) is 5.13. The summed E-state index contributed by atoms with van der Waals surface area (Å²) in [7, 11) is 1.75. The van der Waals surface area contributed by atoms with Crippen LogP contribution in [0.25, 0.3) is 0 Å². The number of hydrogen-bond acceptors (Lipinski definition) is 4. The van der Waals surface area contributed by atoms with E-state index in [0.717, 1.165) is 45.6 Å². The van der Waals surface area contributed by atoms with Crippen LogP contribution in [-0.2, 0) is 4.74 Å². The van der Waals surface area contributed by atoms with Gasteiger partial charge in [-0.25, -0.2) is 0 Å². The van der Waals surface area contributed by atoms with Crippen LogP contribution in [0.3, 0.4) is 0 Å². The first-order valence-corrected chi connectivity index (χ1v) is 6.88. The number of likely N-dealkylation sites (N-methyl/N-ethyl adjacent to an activating group) is 1. The number of ether oxygens (including phenoxy) is 1. The Morgan fingerprint density at radius 2 is 2.18 bits per heavy atom. The van der Waals surface area contributed by atoms with Crippen molar-refractivity contribution in [1.82, 2.24) is 9.80 Å². The van der Waals surface area contributed by atoms with Gasteiger partial charge in [-0.05, 0) is 26.3 Å². The lowest BCUT2D eigenvalue weighted by Gasteiger charge is -2.40. The minimum atomic E-state index is 0.297. The van der Waals surface area contributed by atoms with Gasteiger partial charge in [0.2, 0.25) is 0 Å². The first-order chi connectivity index (χ1) is 8.17. The molecule has 102 valence electrons. The van der Waals surface area contributed by atoms with Gasteiger partial charge in [0.15, 0.2) is 0 Å². The molecule has 0 aromatic rings. The molecule has 1 aliphatic rings. The highest BCUT2D eigenvalue weighted by Crippen LogP contribution is 2.09. The maximum absolute atomic E-state index is 6.15. The Morgan fingerprint density at radius 3 is 2.76 bits per heavy atom. The lowest BCUT2D eigenvalue weighted by Crippen LogP contribution is -2.54. The van der Waals surface area contributed by atoms with E-state index in [1.54, 1.807) is 7.11 Å². The van der Waals surface area contributed by atoms with Crippen molar-refractivity contribution in [3.8, 4) is 0 Å². The van der Waals surface area contributed by atoms with Crippen LogP contribution in [0.5, 0.6) is 0 Å². The second-order valence-corrected chi connectivity index (χ2v) is 5.13. The number of rotatable bonds is 7. The predicted molar refractivity (Wildman–Crippen MR) is 72.2 cm³/mol. The smallest absolute Gasteiger partial charge is 0.0462 e. The highest BCUT2D eigenvalue weighted by molar-refractivity contribution is 4.80. The molecule has 1 aliphatic heterocycles. The Kier molecular flexibility index (Phi) is 7.04. The van der Waals surface area contributed by atoms with E-state index in [9.17, 15) is 0 Å². The number of piperazine rings is 1. The first-order valence-electron chi connectivity index (χ1n) is 6.88. The van der Waals surface area contributed by atoms with E-state index in [2.05, 4.69) is 23.6 Å². The molecule has 1 heterocycles. The van der Waals surface area contributed by atoms with E-state index in [-0.39, 0.29) is 0 Å². The molecule has 4 heteroatoms. The molecule has 17 heavy (non-hydrogen) atoms. The Labute approximate surface area is 106 Å². The van der Waals surface area contributed by atoms with Crippen LogP contribution in [0.2, 0.25) is 0 Å². The fraction of sp³-hybridized carbons (Fsp3) is 1.00. The number of nitrogens with zero attached hydrogens (tertiary/aromatic N) is 2. The average molecular weight is 243 g/mol. The summed E-state index contributed by atoms with van der Waals surface area (Å²) >= 11 is 0. The van der Waals surface area contributed by atoms with E-state index in [1.807, 2.05) is 0 Å². The van der Waals surface area contributed by atoms with E-state index in [4.69, 9.17) is 10.5 Å². The van der Waals surface area contributed by atoms with Crippen molar-refractivity contribution in [3.63, 3.8) is 0 Å². The Hall–Kier alpha value is -0.160. The molecule has 0 aromatic heterocycles. The van der Waals surface area contributed by atoms with Gasteiger partial charge in [0, 0.05) is 52.0 Å².